The minimum atomic E-state index is 0.143. The fraction of sp³-hybridized carbons (Fsp3) is 0.562. The van der Waals surface area contributed by atoms with Gasteiger partial charge in [0.05, 0.1) is 0 Å². The molecule has 4 nitrogen and oxygen atoms in total. The third-order valence-electron chi connectivity index (χ3n) is 3.91. The van der Waals surface area contributed by atoms with E-state index in [0.29, 0.717) is 5.92 Å². The molecule has 110 valence electrons. The second-order valence-electron chi connectivity index (χ2n) is 5.64. The van der Waals surface area contributed by atoms with E-state index >= 15 is 0 Å². The maximum atomic E-state index is 12.5. The molecule has 1 heterocycles. The highest BCUT2D eigenvalue weighted by molar-refractivity contribution is 5.95. The zero-order chi connectivity index (χ0) is 14.5. The summed E-state index contributed by atoms with van der Waals surface area (Å²) in [5.74, 6) is 0.738. The van der Waals surface area contributed by atoms with Crippen molar-refractivity contribution in [2.75, 3.05) is 45.8 Å². The average molecular weight is 276 g/mol. The van der Waals surface area contributed by atoms with Gasteiger partial charge in [-0.2, -0.15) is 0 Å². The number of rotatable bonds is 4. The Morgan fingerprint density at radius 2 is 2.05 bits per heavy atom. The molecule has 0 N–H and O–H groups in total. The van der Waals surface area contributed by atoms with E-state index in [0.717, 1.165) is 43.8 Å². The van der Waals surface area contributed by atoms with E-state index < -0.39 is 0 Å². The van der Waals surface area contributed by atoms with Crippen LogP contribution >= 0.6 is 0 Å². The lowest BCUT2D eigenvalue weighted by molar-refractivity contribution is 0.0613. The standard InChI is InChI=1S/C16H24N2O2/c1-17(2)15-6-4-5-14(11-15)16(19)18-9-7-13(8-10-18)12-20-3/h4-6,11,13H,7-10,12H2,1-3H3. The number of nitrogens with zero attached hydrogens (tertiary/aromatic N) is 2. The van der Waals surface area contributed by atoms with Gasteiger partial charge in [0.1, 0.15) is 0 Å². The lowest BCUT2D eigenvalue weighted by atomic mass is 9.97. The van der Waals surface area contributed by atoms with Gasteiger partial charge in [-0.3, -0.25) is 4.79 Å². The summed E-state index contributed by atoms with van der Waals surface area (Å²) in [6.07, 6.45) is 2.07. The van der Waals surface area contributed by atoms with Crippen molar-refractivity contribution in [3.8, 4) is 0 Å². The molecule has 0 radical (unpaired) electrons. The number of hydrogen-bond donors (Lipinski definition) is 0. The molecule has 0 bridgehead atoms. The van der Waals surface area contributed by atoms with Crippen molar-refractivity contribution in [2.45, 2.75) is 12.8 Å². The third-order valence-corrected chi connectivity index (χ3v) is 3.91. The van der Waals surface area contributed by atoms with E-state index in [1.807, 2.05) is 48.2 Å². The molecule has 2 rings (SSSR count). The fourth-order valence-electron chi connectivity index (χ4n) is 2.64. The Labute approximate surface area is 121 Å². The van der Waals surface area contributed by atoms with E-state index in [4.69, 9.17) is 4.74 Å². The molecule has 1 saturated heterocycles. The minimum absolute atomic E-state index is 0.143. The molecule has 1 fully saturated rings. The number of hydrogen-bond acceptors (Lipinski definition) is 3. The van der Waals surface area contributed by atoms with Gasteiger partial charge in [0.25, 0.3) is 5.91 Å². The molecule has 1 aromatic carbocycles. The summed E-state index contributed by atoms with van der Waals surface area (Å²) in [4.78, 5) is 16.5. The number of ether oxygens (including phenoxy) is 1. The van der Waals surface area contributed by atoms with Crippen LogP contribution in [0.5, 0.6) is 0 Å². The number of benzene rings is 1. The van der Waals surface area contributed by atoms with Crippen LogP contribution in [0, 0.1) is 5.92 Å². The first-order valence-corrected chi connectivity index (χ1v) is 7.17. The molecule has 0 atom stereocenters. The first-order valence-electron chi connectivity index (χ1n) is 7.17. The summed E-state index contributed by atoms with van der Waals surface area (Å²) in [5.41, 5.74) is 1.84. The summed E-state index contributed by atoms with van der Waals surface area (Å²) in [6.45, 7) is 2.47. The molecule has 1 aromatic rings. The first kappa shape index (κ1) is 14.9. The van der Waals surface area contributed by atoms with Crippen molar-refractivity contribution in [3.63, 3.8) is 0 Å². The lowest BCUT2D eigenvalue weighted by Crippen LogP contribution is -2.39. The number of likely N-dealkylation sites (tertiary alicyclic amines) is 1. The average Bonchev–Trinajstić information content (AvgIpc) is 2.48. The van der Waals surface area contributed by atoms with Crippen molar-refractivity contribution in [3.05, 3.63) is 29.8 Å². The topological polar surface area (TPSA) is 32.8 Å². The van der Waals surface area contributed by atoms with Crippen LogP contribution in [-0.2, 0) is 4.74 Å². The van der Waals surface area contributed by atoms with E-state index in [2.05, 4.69) is 0 Å². The second kappa shape index (κ2) is 6.75. The molecule has 1 aliphatic rings. The van der Waals surface area contributed by atoms with Gasteiger partial charge in [-0.15, -0.1) is 0 Å². The van der Waals surface area contributed by atoms with Crippen LogP contribution < -0.4 is 4.90 Å². The quantitative estimate of drug-likeness (QED) is 0.845. The Morgan fingerprint density at radius 3 is 2.65 bits per heavy atom. The van der Waals surface area contributed by atoms with Crippen LogP contribution in [0.3, 0.4) is 0 Å². The molecule has 0 spiro atoms. The van der Waals surface area contributed by atoms with Gasteiger partial charge in [-0.05, 0) is 37.0 Å². The largest absolute Gasteiger partial charge is 0.384 e. The van der Waals surface area contributed by atoms with Crippen molar-refractivity contribution in [1.29, 1.82) is 0 Å². The summed E-state index contributed by atoms with van der Waals surface area (Å²) < 4.78 is 5.19. The number of amides is 1. The number of piperidine rings is 1. The minimum Gasteiger partial charge on any atom is -0.384 e. The summed E-state index contributed by atoms with van der Waals surface area (Å²) in [5, 5.41) is 0. The molecular formula is C16H24N2O2. The summed E-state index contributed by atoms with van der Waals surface area (Å²) in [6, 6.07) is 7.82. The van der Waals surface area contributed by atoms with Gasteiger partial charge in [0.15, 0.2) is 0 Å². The molecule has 4 heteroatoms. The van der Waals surface area contributed by atoms with Crippen LogP contribution in [0.2, 0.25) is 0 Å². The second-order valence-corrected chi connectivity index (χ2v) is 5.64. The number of carbonyl (C=O) groups is 1. The van der Waals surface area contributed by atoms with Crippen LogP contribution in [0.15, 0.2) is 24.3 Å². The SMILES string of the molecule is COCC1CCN(C(=O)c2cccc(N(C)C)c2)CC1. The zero-order valence-electron chi connectivity index (χ0n) is 12.6. The highest BCUT2D eigenvalue weighted by Crippen LogP contribution is 2.21. The first-order chi connectivity index (χ1) is 9.61. The summed E-state index contributed by atoms with van der Waals surface area (Å²) >= 11 is 0. The Bertz CT molecular complexity index is 452. The third kappa shape index (κ3) is 3.51. The smallest absolute Gasteiger partial charge is 0.253 e. The molecular weight excluding hydrogens is 252 g/mol. The Balaban J connectivity index is 2.00. The van der Waals surface area contributed by atoms with Gasteiger partial charge >= 0.3 is 0 Å². The van der Waals surface area contributed by atoms with Gasteiger partial charge in [0.2, 0.25) is 0 Å². The van der Waals surface area contributed by atoms with Gasteiger partial charge in [-0.25, -0.2) is 0 Å². The van der Waals surface area contributed by atoms with Crippen LogP contribution in [0.25, 0.3) is 0 Å². The van der Waals surface area contributed by atoms with E-state index in [1.165, 1.54) is 0 Å². The van der Waals surface area contributed by atoms with E-state index in [-0.39, 0.29) is 5.91 Å². The van der Waals surface area contributed by atoms with Crippen molar-refractivity contribution in [2.24, 2.45) is 5.92 Å². The molecule has 0 aromatic heterocycles. The molecule has 1 amide bonds. The zero-order valence-corrected chi connectivity index (χ0v) is 12.6. The maximum absolute atomic E-state index is 12.5. The summed E-state index contributed by atoms with van der Waals surface area (Å²) in [7, 11) is 5.71. The number of anilines is 1. The highest BCUT2D eigenvalue weighted by Gasteiger charge is 2.23. The van der Waals surface area contributed by atoms with E-state index in [1.54, 1.807) is 7.11 Å². The highest BCUT2D eigenvalue weighted by atomic mass is 16.5. The predicted octanol–water partition coefficient (Wildman–Crippen LogP) is 2.25. The fourth-order valence-corrected chi connectivity index (χ4v) is 2.64. The Kier molecular flexibility index (Phi) is 5.01. The predicted molar refractivity (Wildman–Crippen MR) is 81.3 cm³/mol. The number of carbonyl (C=O) groups excluding carboxylic acids is 1. The van der Waals surface area contributed by atoms with Gasteiger partial charge in [-0.1, -0.05) is 6.07 Å². The lowest BCUT2D eigenvalue weighted by Gasteiger charge is -2.31. The molecule has 0 aliphatic carbocycles. The van der Waals surface area contributed by atoms with Crippen molar-refractivity contribution >= 4 is 11.6 Å². The Morgan fingerprint density at radius 1 is 1.35 bits per heavy atom. The van der Waals surface area contributed by atoms with Crippen molar-refractivity contribution < 1.29 is 9.53 Å². The van der Waals surface area contributed by atoms with E-state index in [9.17, 15) is 4.79 Å². The normalized spacial score (nSPS) is 16.2. The van der Waals surface area contributed by atoms with Gasteiger partial charge in [0, 0.05) is 52.2 Å². The molecule has 20 heavy (non-hydrogen) atoms. The molecule has 0 saturated carbocycles. The van der Waals surface area contributed by atoms with Gasteiger partial charge < -0.3 is 14.5 Å². The Hall–Kier alpha value is -1.55. The monoisotopic (exact) mass is 276 g/mol. The number of methoxy groups -OCH3 is 1. The maximum Gasteiger partial charge on any atom is 0.253 e. The van der Waals surface area contributed by atoms with Crippen LogP contribution in [0.1, 0.15) is 23.2 Å². The molecule has 1 aliphatic heterocycles. The van der Waals surface area contributed by atoms with Crippen molar-refractivity contribution in [1.82, 2.24) is 4.90 Å². The van der Waals surface area contributed by atoms with Crippen LogP contribution in [-0.4, -0.2) is 51.7 Å². The van der Waals surface area contributed by atoms with Crippen LogP contribution in [0.4, 0.5) is 5.69 Å². The molecule has 0 unspecified atom stereocenters.